The molecular formula is C48H88NO7P. The molecule has 332 valence electrons. The van der Waals surface area contributed by atoms with Gasteiger partial charge < -0.3 is 27.9 Å². The predicted molar refractivity (Wildman–Crippen MR) is 240 cm³/mol. The van der Waals surface area contributed by atoms with Crippen LogP contribution in [0.15, 0.2) is 60.9 Å². The molecule has 0 spiro atoms. The number of allylic oxidation sites excluding steroid dienone is 9. The van der Waals surface area contributed by atoms with Gasteiger partial charge in [-0.3, -0.25) is 9.36 Å². The van der Waals surface area contributed by atoms with Crippen LogP contribution in [-0.2, 0) is 27.9 Å². The van der Waals surface area contributed by atoms with Crippen molar-refractivity contribution < 1.29 is 37.3 Å². The third-order valence-electron chi connectivity index (χ3n) is 9.64. The van der Waals surface area contributed by atoms with Gasteiger partial charge in [0.15, 0.2) is 6.10 Å². The van der Waals surface area contributed by atoms with Crippen LogP contribution >= 0.6 is 7.82 Å². The van der Waals surface area contributed by atoms with Gasteiger partial charge in [0.2, 0.25) is 0 Å². The minimum Gasteiger partial charge on any atom is -0.756 e. The summed E-state index contributed by atoms with van der Waals surface area (Å²) < 4.78 is 34.3. The lowest BCUT2D eigenvalue weighted by Crippen LogP contribution is -2.37. The highest BCUT2D eigenvalue weighted by atomic mass is 31.2. The smallest absolute Gasteiger partial charge is 0.306 e. The summed E-state index contributed by atoms with van der Waals surface area (Å²) in [5.74, 6) is -0.410. The highest BCUT2D eigenvalue weighted by molar-refractivity contribution is 7.45. The zero-order valence-electron chi connectivity index (χ0n) is 37.5. The van der Waals surface area contributed by atoms with Crippen molar-refractivity contribution in [1.82, 2.24) is 0 Å². The second kappa shape index (κ2) is 40.8. The van der Waals surface area contributed by atoms with E-state index in [0.29, 0.717) is 17.4 Å². The summed E-state index contributed by atoms with van der Waals surface area (Å²) in [7, 11) is 1.29. The summed E-state index contributed by atoms with van der Waals surface area (Å²) >= 11 is 0. The summed E-state index contributed by atoms with van der Waals surface area (Å²) in [6, 6.07) is 0. The van der Waals surface area contributed by atoms with E-state index in [1.165, 1.54) is 122 Å². The molecule has 0 aromatic heterocycles. The Morgan fingerprint density at radius 3 is 1.49 bits per heavy atom. The largest absolute Gasteiger partial charge is 0.756 e. The third kappa shape index (κ3) is 45.0. The van der Waals surface area contributed by atoms with Crippen molar-refractivity contribution >= 4 is 13.8 Å². The lowest BCUT2D eigenvalue weighted by Gasteiger charge is -2.28. The van der Waals surface area contributed by atoms with E-state index in [2.05, 4.69) is 62.5 Å². The van der Waals surface area contributed by atoms with Crippen LogP contribution in [0.2, 0.25) is 0 Å². The molecule has 0 aliphatic carbocycles. The van der Waals surface area contributed by atoms with Gasteiger partial charge in [-0.05, 0) is 63.9 Å². The van der Waals surface area contributed by atoms with Crippen LogP contribution in [0, 0.1) is 0 Å². The Labute approximate surface area is 351 Å². The maximum atomic E-state index is 12.7. The van der Waals surface area contributed by atoms with Crippen LogP contribution in [0.1, 0.15) is 187 Å². The monoisotopic (exact) mass is 822 g/mol. The van der Waals surface area contributed by atoms with Gasteiger partial charge in [-0.1, -0.05) is 172 Å². The van der Waals surface area contributed by atoms with Crippen molar-refractivity contribution in [2.75, 3.05) is 47.5 Å². The summed E-state index contributed by atoms with van der Waals surface area (Å²) in [6.07, 6.45) is 52.0. The first-order chi connectivity index (χ1) is 27.6. The molecule has 9 heteroatoms. The van der Waals surface area contributed by atoms with Gasteiger partial charge in [-0.15, -0.1) is 0 Å². The molecule has 0 aliphatic heterocycles. The lowest BCUT2D eigenvalue weighted by atomic mass is 10.0. The first-order valence-corrected chi connectivity index (χ1v) is 24.5. The molecular weight excluding hydrogens is 734 g/mol. The molecule has 0 aromatic carbocycles. The normalized spacial score (nSPS) is 14.2. The Balaban J connectivity index is 4.35. The van der Waals surface area contributed by atoms with Crippen molar-refractivity contribution in [3.8, 4) is 0 Å². The number of rotatable bonds is 42. The number of likely N-dealkylation sites (N-methyl/N-ethyl adjacent to an activating group) is 1. The fourth-order valence-electron chi connectivity index (χ4n) is 6.03. The molecule has 57 heavy (non-hydrogen) atoms. The molecule has 0 radical (unpaired) electrons. The minimum atomic E-state index is -4.56. The third-order valence-corrected chi connectivity index (χ3v) is 10.6. The number of carbonyl (C=O) groups is 1. The van der Waals surface area contributed by atoms with Gasteiger partial charge in [0.25, 0.3) is 7.82 Å². The van der Waals surface area contributed by atoms with Gasteiger partial charge in [-0.25, -0.2) is 0 Å². The number of phosphoric acid groups is 1. The number of hydrogen-bond donors (Lipinski definition) is 0. The predicted octanol–water partition coefficient (Wildman–Crippen LogP) is 13.4. The van der Waals surface area contributed by atoms with Crippen molar-refractivity contribution in [1.29, 1.82) is 0 Å². The van der Waals surface area contributed by atoms with Crippen LogP contribution in [0.5, 0.6) is 0 Å². The highest BCUT2D eigenvalue weighted by Crippen LogP contribution is 2.38. The van der Waals surface area contributed by atoms with E-state index in [1.54, 1.807) is 6.26 Å². The Morgan fingerprint density at radius 1 is 0.561 bits per heavy atom. The van der Waals surface area contributed by atoms with Crippen LogP contribution in [0.4, 0.5) is 0 Å². The van der Waals surface area contributed by atoms with E-state index in [0.717, 1.165) is 38.5 Å². The summed E-state index contributed by atoms with van der Waals surface area (Å²) in [6.45, 7) is 4.65. The minimum absolute atomic E-state index is 0.00273. The molecule has 0 aliphatic rings. The van der Waals surface area contributed by atoms with Crippen molar-refractivity contribution in [3.63, 3.8) is 0 Å². The number of esters is 1. The molecule has 0 bridgehead atoms. The Bertz CT molecular complexity index is 1090. The fraction of sp³-hybridized carbons (Fsp3) is 0.771. The van der Waals surface area contributed by atoms with Gasteiger partial charge in [0, 0.05) is 6.42 Å². The number of nitrogens with zero attached hydrogens (tertiary/aromatic N) is 1. The molecule has 2 atom stereocenters. The van der Waals surface area contributed by atoms with E-state index in [-0.39, 0.29) is 26.2 Å². The molecule has 0 saturated heterocycles. The van der Waals surface area contributed by atoms with E-state index < -0.39 is 19.9 Å². The Kier molecular flexibility index (Phi) is 39.4. The molecule has 0 fully saturated rings. The second-order valence-electron chi connectivity index (χ2n) is 16.5. The zero-order chi connectivity index (χ0) is 42.0. The van der Waals surface area contributed by atoms with E-state index in [1.807, 2.05) is 27.2 Å². The molecule has 0 saturated carbocycles. The number of ether oxygens (including phenoxy) is 2. The van der Waals surface area contributed by atoms with E-state index >= 15 is 0 Å². The molecule has 0 amide bonds. The Morgan fingerprint density at radius 2 is 0.982 bits per heavy atom. The molecule has 0 N–H and O–H groups in total. The van der Waals surface area contributed by atoms with Crippen molar-refractivity contribution in [2.45, 2.75) is 193 Å². The van der Waals surface area contributed by atoms with Gasteiger partial charge >= 0.3 is 5.97 Å². The molecule has 8 nitrogen and oxygen atoms in total. The van der Waals surface area contributed by atoms with Crippen molar-refractivity contribution in [3.05, 3.63) is 60.9 Å². The quantitative estimate of drug-likeness (QED) is 0.0151. The first-order valence-electron chi connectivity index (χ1n) is 23.1. The fourth-order valence-corrected chi connectivity index (χ4v) is 6.76. The molecule has 0 aromatic rings. The number of phosphoric ester groups is 1. The summed E-state index contributed by atoms with van der Waals surface area (Å²) in [5, 5.41) is 0. The van der Waals surface area contributed by atoms with E-state index in [9.17, 15) is 14.3 Å². The van der Waals surface area contributed by atoms with Crippen LogP contribution in [0.3, 0.4) is 0 Å². The van der Waals surface area contributed by atoms with Crippen molar-refractivity contribution in [2.24, 2.45) is 0 Å². The van der Waals surface area contributed by atoms with Crippen LogP contribution < -0.4 is 4.89 Å². The Hall–Kier alpha value is -1.96. The standard InChI is InChI=1S/C48H88NO7P/c1-6-8-10-12-14-16-18-20-22-24-26-28-30-32-34-36-38-40-43-53-45-47(46-55-57(51,52)54-44-42-49(3,4)5)56-48(50)41-39-37-35-33-31-29-27-25-23-21-19-17-15-13-11-9-7-2/h15,17,21,23,27,29,33,35,40,43,47H,6-14,16,18-20,22,24-26,28,30-32,34,36-39,41-42,44-46H2,1-5H3/b17-15-,23-21-,29-27-,35-33-,43-40-/t47-/m1/s1. The number of unbranched alkanes of at least 4 members (excludes halogenated alkanes) is 20. The average molecular weight is 822 g/mol. The number of quaternary nitrogens is 1. The van der Waals surface area contributed by atoms with Crippen LogP contribution in [0.25, 0.3) is 0 Å². The highest BCUT2D eigenvalue weighted by Gasteiger charge is 2.20. The SMILES string of the molecule is CCCCC/C=C\C/C=C\C/C=C\C/C=C\CCCC(=O)O[C@H](CO/C=C\CCCCCCCCCCCCCCCCCC)COP(=O)([O-])OCC[N+](C)(C)C. The van der Waals surface area contributed by atoms with Crippen LogP contribution in [-0.4, -0.2) is 64.1 Å². The van der Waals surface area contributed by atoms with Gasteiger partial charge in [0.05, 0.1) is 34.0 Å². The van der Waals surface area contributed by atoms with Gasteiger partial charge in [-0.2, -0.15) is 0 Å². The number of carbonyl (C=O) groups excluding carboxylic acids is 1. The summed E-state index contributed by atoms with van der Waals surface area (Å²) in [5.41, 5.74) is 0. The number of hydrogen-bond acceptors (Lipinski definition) is 7. The van der Waals surface area contributed by atoms with Gasteiger partial charge in [0.1, 0.15) is 19.8 Å². The second-order valence-corrected chi connectivity index (χ2v) is 17.9. The summed E-state index contributed by atoms with van der Waals surface area (Å²) in [4.78, 5) is 25.0. The zero-order valence-corrected chi connectivity index (χ0v) is 38.4. The molecule has 0 rings (SSSR count). The first kappa shape index (κ1) is 55.0. The average Bonchev–Trinajstić information content (AvgIpc) is 3.16. The molecule has 0 heterocycles. The lowest BCUT2D eigenvalue weighted by molar-refractivity contribution is -0.870. The topological polar surface area (TPSA) is 94.1 Å². The maximum Gasteiger partial charge on any atom is 0.306 e. The maximum absolute atomic E-state index is 12.7. The molecule has 1 unspecified atom stereocenters. The van der Waals surface area contributed by atoms with E-state index in [4.69, 9.17) is 18.5 Å².